The summed E-state index contributed by atoms with van der Waals surface area (Å²) >= 11 is 1.13. The zero-order chi connectivity index (χ0) is 20.7. The number of aryl methyl sites for hydroxylation is 1. The molecule has 0 aliphatic carbocycles. The van der Waals surface area contributed by atoms with Crippen molar-refractivity contribution in [2.75, 3.05) is 33.7 Å². The summed E-state index contributed by atoms with van der Waals surface area (Å²) in [5.41, 5.74) is 1.57. The number of rotatable bonds is 8. The molecule has 152 valence electrons. The number of likely N-dealkylation sites (N-methyl/N-ethyl adjacent to an activating group) is 1. The molecule has 2 aromatic rings. The van der Waals surface area contributed by atoms with Crippen LogP contribution in [0.2, 0.25) is 0 Å². The number of carbonyl (C=O) groups is 2. The molecule has 9 heteroatoms. The number of benzene rings is 1. The van der Waals surface area contributed by atoms with Crippen LogP contribution in [0.5, 0.6) is 0 Å². The Morgan fingerprint density at radius 2 is 1.71 bits per heavy atom. The van der Waals surface area contributed by atoms with Crippen LogP contribution in [0.3, 0.4) is 0 Å². The standard InChI is InChI=1S/C19H25N3O4S2/c1-14-6-8-15(9-7-14)16(28(25,26)17-5-4-12-27-17)13-21-19(24)18(23)20-10-11-22(2)3/h4-9,12,16H,10-11,13H2,1-3H3,(H,20,23)(H,21,24)/p+1/t16-/m0/s1. The normalized spacial score (nSPS) is 12.6. The third kappa shape index (κ3) is 5.88. The van der Waals surface area contributed by atoms with Gasteiger partial charge in [-0.2, -0.15) is 0 Å². The molecular formula is C19H26N3O4S2+. The third-order valence-corrected chi connectivity index (χ3v) is 7.70. The lowest BCUT2D eigenvalue weighted by atomic mass is 10.1. The Morgan fingerprint density at radius 1 is 1.07 bits per heavy atom. The number of hydrogen-bond donors (Lipinski definition) is 3. The molecule has 7 nitrogen and oxygen atoms in total. The van der Waals surface area contributed by atoms with Crippen molar-refractivity contribution in [3.63, 3.8) is 0 Å². The second kappa shape index (κ2) is 9.81. The smallest absolute Gasteiger partial charge is 0.309 e. The topological polar surface area (TPSA) is 96.8 Å². The molecule has 0 unspecified atom stereocenters. The van der Waals surface area contributed by atoms with Crippen LogP contribution in [-0.4, -0.2) is 54.0 Å². The fourth-order valence-electron chi connectivity index (χ4n) is 2.53. The summed E-state index contributed by atoms with van der Waals surface area (Å²) in [5.74, 6) is -1.61. The van der Waals surface area contributed by atoms with Gasteiger partial charge in [0.05, 0.1) is 27.2 Å². The van der Waals surface area contributed by atoms with Crippen molar-refractivity contribution in [3.05, 3.63) is 52.9 Å². The Labute approximate surface area is 169 Å². The second-order valence-electron chi connectivity index (χ2n) is 6.80. The van der Waals surface area contributed by atoms with Crippen LogP contribution in [0, 0.1) is 6.92 Å². The first kappa shape index (κ1) is 22.1. The molecule has 1 atom stereocenters. The SMILES string of the molecule is Cc1ccc([C@H](CNC(=O)C(=O)NCC[NH+](C)C)S(=O)(=O)c2cccs2)cc1. The van der Waals surface area contributed by atoms with Crippen LogP contribution in [0.15, 0.2) is 46.0 Å². The van der Waals surface area contributed by atoms with E-state index in [2.05, 4.69) is 10.6 Å². The summed E-state index contributed by atoms with van der Waals surface area (Å²) < 4.78 is 26.4. The molecule has 0 radical (unpaired) electrons. The van der Waals surface area contributed by atoms with Gasteiger partial charge in [0, 0.05) is 6.54 Å². The number of amides is 2. The van der Waals surface area contributed by atoms with Crippen molar-refractivity contribution in [1.29, 1.82) is 0 Å². The second-order valence-corrected chi connectivity index (χ2v) is 10.1. The summed E-state index contributed by atoms with van der Waals surface area (Å²) in [4.78, 5) is 25.2. The highest BCUT2D eigenvalue weighted by molar-refractivity contribution is 7.93. The average molecular weight is 425 g/mol. The van der Waals surface area contributed by atoms with Gasteiger partial charge in [-0.05, 0) is 23.9 Å². The van der Waals surface area contributed by atoms with Crippen molar-refractivity contribution < 1.29 is 22.9 Å². The van der Waals surface area contributed by atoms with Crippen LogP contribution in [0.4, 0.5) is 0 Å². The maximum atomic E-state index is 13.1. The van der Waals surface area contributed by atoms with Gasteiger partial charge >= 0.3 is 11.8 Å². The fourth-order valence-corrected chi connectivity index (χ4v) is 5.39. The molecule has 0 aliphatic heterocycles. The van der Waals surface area contributed by atoms with E-state index in [4.69, 9.17) is 0 Å². The van der Waals surface area contributed by atoms with Crippen LogP contribution in [-0.2, 0) is 19.4 Å². The van der Waals surface area contributed by atoms with E-state index in [-0.39, 0.29) is 10.8 Å². The van der Waals surface area contributed by atoms with E-state index in [9.17, 15) is 18.0 Å². The Morgan fingerprint density at radius 3 is 2.29 bits per heavy atom. The molecule has 1 heterocycles. The molecule has 0 spiro atoms. The van der Waals surface area contributed by atoms with Gasteiger partial charge in [0.2, 0.25) is 0 Å². The predicted molar refractivity (Wildman–Crippen MR) is 109 cm³/mol. The van der Waals surface area contributed by atoms with Crippen molar-refractivity contribution in [1.82, 2.24) is 10.6 Å². The first-order valence-corrected chi connectivity index (χ1v) is 11.3. The molecule has 0 bridgehead atoms. The molecule has 1 aromatic heterocycles. The minimum atomic E-state index is -3.70. The van der Waals surface area contributed by atoms with Crippen molar-refractivity contribution in [2.45, 2.75) is 16.4 Å². The molecule has 0 saturated carbocycles. The summed E-state index contributed by atoms with van der Waals surface area (Å²) in [6, 6.07) is 10.3. The minimum absolute atomic E-state index is 0.186. The van der Waals surface area contributed by atoms with Crippen molar-refractivity contribution in [2.24, 2.45) is 0 Å². The van der Waals surface area contributed by atoms with Crippen molar-refractivity contribution >= 4 is 33.0 Å². The highest BCUT2D eigenvalue weighted by Gasteiger charge is 2.31. The number of hydrogen-bond acceptors (Lipinski definition) is 5. The predicted octanol–water partition coefficient (Wildman–Crippen LogP) is -0.0516. The molecule has 28 heavy (non-hydrogen) atoms. The van der Waals surface area contributed by atoms with Gasteiger partial charge in [-0.3, -0.25) is 9.59 Å². The molecule has 1 aromatic carbocycles. The Hall–Kier alpha value is -2.23. The van der Waals surface area contributed by atoms with E-state index in [0.29, 0.717) is 18.7 Å². The van der Waals surface area contributed by atoms with Gasteiger partial charge < -0.3 is 15.5 Å². The summed E-state index contributed by atoms with van der Waals surface area (Å²) in [5, 5.41) is 5.72. The summed E-state index contributed by atoms with van der Waals surface area (Å²) in [6.07, 6.45) is 0. The largest absolute Gasteiger partial charge is 0.346 e. The molecular weight excluding hydrogens is 398 g/mol. The zero-order valence-corrected chi connectivity index (χ0v) is 17.8. The van der Waals surface area contributed by atoms with E-state index in [1.54, 1.807) is 29.6 Å². The Bertz CT molecular complexity index is 892. The zero-order valence-electron chi connectivity index (χ0n) is 16.2. The number of thiophene rings is 1. The maximum Gasteiger partial charge on any atom is 0.309 e. The lowest BCUT2D eigenvalue weighted by Gasteiger charge is -2.18. The van der Waals surface area contributed by atoms with Crippen LogP contribution in [0.1, 0.15) is 16.4 Å². The quantitative estimate of drug-likeness (QED) is 0.518. The van der Waals surface area contributed by atoms with Gasteiger partial charge in [0.1, 0.15) is 9.46 Å². The lowest BCUT2D eigenvalue weighted by Crippen LogP contribution is -3.06. The van der Waals surface area contributed by atoms with E-state index >= 15 is 0 Å². The molecule has 2 amide bonds. The summed E-state index contributed by atoms with van der Waals surface area (Å²) in [7, 11) is 0.172. The molecule has 0 aliphatic rings. The molecule has 0 fully saturated rings. The van der Waals surface area contributed by atoms with E-state index in [1.165, 1.54) is 0 Å². The summed E-state index contributed by atoms with van der Waals surface area (Å²) in [6.45, 7) is 2.77. The highest BCUT2D eigenvalue weighted by Crippen LogP contribution is 2.31. The van der Waals surface area contributed by atoms with E-state index < -0.39 is 26.9 Å². The van der Waals surface area contributed by atoms with Gasteiger partial charge in [-0.25, -0.2) is 8.42 Å². The van der Waals surface area contributed by atoms with Crippen molar-refractivity contribution in [3.8, 4) is 0 Å². The van der Waals surface area contributed by atoms with Gasteiger partial charge in [0.25, 0.3) is 0 Å². The molecule has 2 rings (SSSR count). The number of sulfone groups is 1. The minimum Gasteiger partial charge on any atom is -0.346 e. The monoisotopic (exact) mass is 424 g/mol. The highest BCUT2D eigenvalue weighted by atomic mass is 32.2. The van der Waals surface area contributed by atoms with Gasteiger partial charge in [-0.15, -0.1) is 11.3 Å². The molecule has 0 saturated heterocycles. The van der Waals surface area contributed by atoms with Crippen LogP contribution >= 0.6 is 11.3 Å². The first-order valence-electron chi connectivity index (χ1n) is 8.91. The number of nitrogens with one attached hydrogen (secondary N) is 3. The van der Waals surface area contributed by atoms with Gasteiger partial charge in [0.15, 0.2) is 9.84 Å². The number of carbonyl (C=O) groups excluding carboxylic acids is 2. The first-order chi connectivity index (χ1) is 13.2. The van der Waals surface area contributed by atoms with Crippen LogP contribution < -0.4 is 15.5 Å². The maximum absolute atomic E-state index is 13.1. The van der Waals surface area contributed by atoms with Crippen LogP contribution in [0.25, 0.3) is 0 Å². The lowest BCUT2D eigenvalue weighted by molar-refractivity contribution is -0.856. The Kier molecular flexibility index (Phi) is 7.73. The third-order valence-electron chi connectivity index (χ3n) is 4.16. The fraction of sp³-hybridized carbons (Fsp3) is 0.368. The molecule has 3 N–H and O–H groups in total. The van der Waals surface area contributed by atoms with Gasteiger partial charge in [-0.1, -0.05) is 35.9 Å². The average Bonchev–Trinajstić information content (AvgIpc) is 3.18. The van der Waals surface area contributed by atoms with E-state index in [1.807, 2.05) is 33.2 Å². The Balaban J connectivity index is 2.14. The number of quaternary nitrogens is 1. The van der Waals surface area contributed by atoms with E-state index in [0.717, 1.165) is 21.8 Å².